The molecule has 0 saturated carbocycles. The second kappa shape index (κ2) is 9.13. The smallest absolute Gasteiger partial charge is 0.338 e. The Labute approximate surface area is 170 Å². The van der Waals surface area contributed by atoms with Crippen molar-refractivity contribution in [3.63, 3.8) is 0 Å². The molecular formula is C22H27NO6. The van der Waals surface area contributed by atoms with Gasteiger partial charge in [-0.1, -0.05) is 0 Å². The molecule has 7 nitrogen and oxygen atoms in total. The molecule has 1 aliphatic heterocycles. The molecule has 2 heterocycles. The van der Waals surface area contributed by atoms with Gasteiger partial charge in [0.15, 0.2) is 6.61 Å². The molecule has 0 spiro atoms. The van der Waals surface area contributed by atoms with Gasteiger partial charge in [0.25, 0.3) is 0 Å². The molecule has 1 fully saturated rings. The van der Waals surface area contributed by atoms with E-state index < -0.39 is 5.97 Å². The fourth-order valence-corrected chi connectivity index (χ4v) is 3.57. The highest BCUT2D eigenvalue weighted by Gasteiger charge is 2.22. The molecule has 0 N–H and O–H groups in total. The average molecular weight is 401 g/mol. The summed E-state index contributed by atoms with van der Waals surface area (Å²) in [6.45, 7) is 5.06. The number of ketones is 1. The van der Waals surface area contributed by atoms with Crippen LogP contribution in [-0.2, 0) is 16.0 Å². The second-order valence-electron chi connectivity index (χ2n) is 7.13. The lowest BCUT2D eigenvalue weighted by Crippen LogP contribution is -2.18. The molecule has 0 amide bonds. The Morgan fingerprint density at radius 2 is 1.79 bits per heavy atom. The molecule has 0 radical (unpaired) electrons. The first-order valence-electron chi connectivity index (χ1n) is 9.64. The number of Topliss-reactive ketones (excluding diaryl/α,β-unsaturated/α-hetero) is 1. The number of nitrogens with zero attached hydrogens (tertiary/aromatic N) is 1. The van der Waals surface area contributed by atoms with E-state index in [2.05, 4.69) is 4.57 Å². The number of benzene rings is 1. The normalized spacial score (nSPS) is 15.9. The number of rotatable bonds is 8. The molecular weight excluding hydrogens is 374 g/mol. The van der Waals surface area contributed by atoms with E-state index in [9.17, 15) is 9.59 Å². The number of carbonyl (C=O) groups is 2. The monoisotopic (exact) mass is 401 g/mol. The zero-order valence-corrected chi connectivity index (χ0v) is 17.3. The van der Waals surface area contributed by atoms with Gasteiger partial charge in [0.1, 0.15) is 11.5 Å². The van der Waals surface area contributed by atoms with Crippen LogP contribution in [0.5, 0.6) is 11.5 Å². The van der Waals surface area contributed by atoms with Gasteiger partial charge in [0, 0.05) is 36.2 Å². The Morgan fingerprint density at radius 3 is 2.38 bits per heavy atom. The van der Waals surface area contributed by atoms with Crippen LogP contribution in [0.1, 0.15) is 44.9 Å². The first-order valence-corrected chi connectivity index (χ1v) is 9.64. The van der Waals surface area contributed by atoms with Gasteiger partial charge in [0.05, 0.1) is 25.9 Å². The van der Waals surface area contributed by atoms with Crippen LogP contribution in [0, 0.1) is 13.8 Å². The van der Waals surface area contributed by atoms with Crippen molar-refractivity contribution in [2.45, 2.75) is 39.3 Å². The topological polar surface area (TPSA) is 76.0 Å². The Bertz CT molecular complexity index is 873. The molecule has 1 aromatic heterocycles. The Balaban J connectivity index is 1.67. The standard InChI is InChI=1S/C22H27NO6/c1-14-8-20(15(2)23(14)12-17-6-5-7-28-17)21(24)13-29-22(25)16-9-18(26-3)11-19(10-16)27-4/h8-11,17H,5-7,12-13H2,1-4H3/t17-/m1/s1. The van der Waals surface area contributed by atoms with Crippen molar-refractivity contribution < 1.29 is 28.5 Å². The van der Waals surface area contributed by atoms with Gasteiger partial charge in [-0.05, 0) is 44.9 Å². The van der Waals surface area contributed by atoms with E-state index in [-0.39, 0.29) is 24.1 Å². The summed E-state index contributed by atoms with van der Waals surface area (Å²) in [5, 5.41) is 0. The van der Waals surface area contributed by atoms with Crippen LogP contribution >= 0.6 is 0 Å². The van der Waals surface area contributed by atoms with E-state index in [0.29, 0.717) is 17.1 Å². The third-order valence-electron chi connectivity index (χ3n) is 5.21. The molecule has 1 aliphatic rings. The third kappa shape index (κ3) is 4.79. The van der Waals surface area contributed by atoms with Gasteiger partial charge in [-0.2, -0.15) is 0 Å². The molecule has 0 bridgehead atoms. The van der Waals surface area contributed by atoms with Crippen molar-refractivity contribution in [1.29, 1.82) is 0 Å². The highest BCUT2D eigenvalue weighted by atomic mass is 16.5. The number of methoxy groups -OCH3 is 2. The minimum atomic E-state index is -0.608. The lowest BCUT2D eigenvalue weighted by molar-refractivity contribution is 0.0474. The summed E-state index contributed by atoms with van der Waals surface area (Å²) in [4.78, 5) is 25.1. The molecule has 1 aromatic carbocycles. The van der Waals surface area contributed by atoms with Crippen molar-refractivity contribution in [2.24, 2.45) is 0 Å². The lowest BCUT2D eigenvalue weighted by Gasteiger charge is -2.14. The molecule has 156 valence electrons. The summed E-state index contributed by atoms with van der Waals surface area (Å²) in [5.74, 6) is 0.101. The number of hydrogen-bond acceptors (Lipinski definition) is 6. The fourth-order valence-electron chi connectivity index (χ4n) is 3.57. The van der Waals surface area contributed by atoms with Gasteiger partial charge >= 0.3 is 5.97 Å². The number of carbonyl (C=O) groups excluding carboxylic acids is 2. The number of esters is 1. The summed E-state index contributed by atoms with van der Waals surface area (Å²) in [6.07, 6.45) is 2.28. The predicted octanol–water partition coefficient (Wildman–Crippen LogP) is 3.34. The molecule has 1 atom stereocenters. The minimum absolute atomic E-state index is 0.184. The largest absolute Gasteiger partial charge is 0.497 e. The quantitative estimate of drug-likeness (QED) is 0.499. The second-order valence-corrected chi connectivity index (χ2v) is 7.13. The van der Waals surface area contributed by atoms with Crippen molar-refractivity contribution in [3.05, 3.63) is 46.8 Å². The molecule has 0 aliphatic carbocycles. The van der Waals surface area contributed by atoms with Gasteiger partial charge in [-0.25, -0.2) is 4.79 Å². The summed E-state index contributed by atoms with van der Waals surface area (Å²) in [6, 6.07) is 6.59. The maximum absolute atomic E-state index is 12.7. The summed E-state index contributed by atoms with van der Waals surface area (Å²) in [7, 11) is 3.00. The van der Waals surface area contributed by atoms with Crippen molar-refractivity contribution >= 4 is 11.8 Å². The van der Waals surface area contributed by atoms with Crippen molar-refractivity contribution in [3.8, 4) is 11.5 Å². The van der Waals surface area contributed by atoms with Crippen LogP contribution in [0.15, 0.2) is 24.3 Å². The number of hydrogen-bond donors (Lipinski definition) is 0. The van der Waals surface area contributed by atoms with Gasteiger partial charge in [0.2, 0.25) is 5.78 Å². The zero-order valence-electron chi connectivity index (χ0n) is 17.3. The Kier molecular flexibility index (Phi) is 6.59. The van der Waals surface area contributed by atoms with Gasteiger partial charge in [-0.3, -0.25) is 4.79 Å². The SMILES string of the molecule is COc1cc(OC)cc(C(=O)OCC(=O)c2cc(C)n(C[C@H]3CCCO3)c2C)c1. The first kappa shape index (κ1) is 20.9. The van der Waals surface area contributed by atoms with Crippen LogP contribution in [0.3, 0.4) is 0 Å². The van der Waals surface area contributed by atoms with E-state index in [0.717, 1.165) is 37.4 Å². The number of aryl methyl sites for hydroxylation is 1. The number of ether oxygens (including phenoxy) is 4. The fraction of sp³-hybridized carbons (Fsp3) is 0.455. The van der Waals surface area contributed by atoms with Crippen LogP contribution < -0.4 is 9.47 Å². The van der Waals surface area contributed by atoms with Crippen LogP contribution in [0.2, 0.25) is 0 Å². The van der Waals surface area contributed by atoms with E-state index in [1.165, 1.54) is 14.2 Å². The predicted molar refractivity (Wildman–Crippen MR) is 107 cm³/mol. The minimum Gasteiger partial charge on any atom is -0.497 e. The molecule has 2 aromatic rings. The van der Waals surface area contributed by atoms with Crippen molar-refractivity contribution in [1.82, 2.24) is 4.57 Å². The van der Waals surface area contributed by atoms with Crippen LogP contribution in [0.4, 0.5) is 0 Å². The van der Waals surface area contributed by atoms with E-state index in [1.54, 1.807) is 18.2 Å². The molecule has 29 heavy (non-hydrogen) atoms. The average Bonchev–Trinajstić information content (AvgIpc) is 3.35. The highest BCUT2D eigenvalue weighted by Crippen LogP contribution is 2.24. The van der Waals surface area contributed by atoms with Crippen LogP contribution in [0.25, 0.3) is 0 Å². The van der Waals surface area contributed by atoms with E-state index in [1.807, 2.05) is 19.9 Å². The molecule has 0 unspecified atom stereocenters. The highest BCUT2D eigenvalue weighted by molar-refractivity contribution is 6.00. The Hall–Kier alpha value is -2.80. The first-order chi connectivity index (χ1) is 13.9. The van der Waals surface area contributed by atoms with E-state index >= 15 is 0 Å². The van der Waals surface area contributed by atoms with Gasteiger partial charge < -0.3 is 23.5 Å². The molecule has 3 rings (SSSR count). The molecule has 7 heteroatoms. The maximum atomic E-state index is 12.7. The van der Waals surface area contributed by atoms with Crippen molar-refractivity contribution in [2.75, 3.05) is 27.4 Å². The lowest BCUT2D eigenvalue weighted by atomic mass is 10.1. The molecule has 1 saturated heterocycles. The third-order valence-corrected chi connectivity index (χ3v) is 5.21. The number of aromatic nitrogens is 1. The van der Waals surface area contributed by atoms with E-state index in [4.69, 9.17) is 18.9 Å². The summed E-state index contributed by atoms with van der Waals surface area (Å²) < 4.78 is 23.4. The maximum Gasteiger partial charge on any atom is 0.338 e. The summed E-state index contributed by atoms with van der Waals surface area (Å²) >= 11 is 0. The van der Waals surface area contributed by atoms with Crippen LogP contribution in [-0.4, -0.2) is 49.9 Å². The Morgan fingerprint density at radius 1 is 1.10 bits per heavy atom. The van der Waals surface area contributed by atoms with Gasteiger partial charge in [-0.15, -0.1) is 0 Å². The summed E-state index contributed by atoms with van der Waals surface area (Å²) in [5.41, 5.74) is 2.68. The zero-order chi connectivity index (χ0) is 21.0.